The van der Waals surface area contributed by atoms with Crippen molar-refractivity contribution >= 4 is 21.9 Å². The number of carboxylic acids is 1. The Morgan fingerprint density at radius 2 is 2.10 bits per heavy atom. The molecule has 0 aliphatic rings. The average molecular weight is 336 g/mol. The summed E-state index contributed by atoms with van der Waals surface area (Å²) in [7, 11) is 1.58. The van der Waals surface area contributed by atoms with Crippen LogP contribution in [0.2, 0.25) is 0 Å². The van der Waals surface area contributed by atoms with Crippen LogP contribution in [-0.2, 0) is 11.2 Å². The first kappa shape index (κ1) is 14.5. The Labute approximate surface area is 125 Å². The lowest BCUT2D eigenvalue weighted by atomic mass is 9.95. The Morgan fingerprint density at radius 1 is 1.35 bits per heavy atom. The lowest BCUT2D eigenvalue weighted by molar-refractivity contribution is -0.138. The Bertz CT molecular complexity index is 598. The van der Waals surface area contributed by atoms with Gasteiger partial charge in [-0.1, -0.05) is 18.2 Å². The highest BCUT2D eigenvalue weighted by Crippen LogP contribution is 2.26. The summed E-state index contributed by atoms with van der Waals surface area (Å²) in [5.41, 5.74) is 1.39. The Morgan fingerprint density at radius 3 is 2.70 bits per heavy atom. The molecule has 0 saturated carbocycles. The maximum absolute atomic E-state index is 11.5. The Hall–Kier alpha value is -1.88. The number of hydrogen-bond donors (Lipinski definition) is 1. The Balaban J connectivity index is 2.30. The van der Waals surface area contributed by atoms with E-state index in [1.54, 1.807) is 25.4 Å². The quantitative estimate of drug-likeness (QED) is 0.910. The number of rotatable bonds is 5. The largest absolute Gasteiger partial charge is 0.496 e. The third-order valence-electron chi connectivity index (χ3n) is 3.02. The second-order valence-electron chi connectivity index (χ2n) is 4.31. The van der Waals surface area contributed by atoms with Gasteiger partial charge < -0.3 is 9.84 Å². The highest BCUT2D eigenvalue weighted by Gasteiger charge is 2.23. The van der Waals surface area contributed by atoms with E-state index >= 15 is 0 Å². The van der Waals surface area contributed by atoms with Crippen molar-refractivity contribution in [3.8, 4) is 5.75 Å². The van der Waals surface area contributed by atoms with Gasteiger partial charge in [-0.15, -0.1) is 0 Å². The molecule has 1 aromatic heterocycles. The zero-order valence-electron chi connectivity index (χ0n) is 10.9. The predicted molar refractivity (Wildman–Crippen MR) is 79.0 cm³/mol. The van der Waals surface area contributed by atoms with Gasteiger partial charge in [0.25, 0.3) is 0 Å². The van der Waals surface area contributed by atoms with Crippen molar-refractivity contribution in [1.82, 2.24) is 4.98 Å². The first-order chi connectivity index (χ1) is 9.61. The molecule has 1 heterocycles. The fourth-order valence-corrected chi connectivity index (χ4v) is 2.24. The smallest absolute Gasteiger partial charge is 0.312 e. The highest BCUT2D eigenvalue weighted by atomic mass is 79.9. The van der Waals surface area contributed by atoms with Crippen molar-refractivity contribution in [3.05, 3.63) is 58.3 Å². The van der Waals surface area contributed by atoms with Crippen LogP contribution < -0.4 is 4.74 Å². The second kappa shape index (κ2) is 6.52. The van der Waals surface area contributed by atoms with Crippen molar-refractivity contribution in [3.63, 3.8) is 0 Å². The summed E-state index contributed by atoms with van der Waals surface area (Å²) in [5.74, 6) is -0.902. The number of nitrogens with zero attached hydrogens (tertiary/aromatic N) is 1. The molecule has 2 aromatic rings. The molecule has 1 atom stereocenters. The van der Waals surface area contributed by atoms with E-state index in [9.17, 15) is 9.90 Å². The van der Waals surface area contributed by atoms with Crippen LogP contribution in [0.5, 0.6) is 5.75 Å². The predicted octanol–water partition coefficient (Wildman–Crippen LogP) is 3.26. The third-order valence-corrected chi connectivity index (χ3v) is 3.49. The maximum atomic E-state index is 11.5. The average Bonchev–Trinajstić information content (AvgIpc) is 2.46. The standard InChI is InChI=1S/C15H14BrNO3/c1-20-14-5-3-2-4-10(14)8-12(15(18)19)13-7-6-11(16)9-17-13/h2-7,9,12H,8H2,1H3,(H,18,19). The minimum absolute atomic E-state index is 0.341. The van der Waals surface area contributed by atoms with Crippen LogP contribution in [0.1, 0.15) is 17.2 Å². The molecule has 5 heteroatoms. The van der Waals surface area contributed by atoms with Crippen LogP contribution >= 0.6 is 15.9 Å². The van der Waals surface area contributed by atoms with E-state index in [4.69, 9.17) is 4.74 Å². The molecule has 2 rings (SSSR count). The van der Waals surface area contributed by atoms with Crippen LogP contribution in [0.3, 0.4) is 0 Å². The van der Waals surface area contributed by atoms with E-state index in [1.165, 1.54) is 0 Å². The van der Waals surface area contributed by atoms with E-state index in [0.717, 1.165) is 10.0 Å². The molecule has 0 aliphatic carbocycles. The molecule has 20 heavy (non-hydrogen) atoms. The van der Waals surface area contributed by atoms with Gasteiger partial charge in [0.2, 0.25) is 0 Å². The third kappa shape index (κ3) is 3.36. The van der Waals surface area contributed by atoms with Crippen LogP contribution in [0, 0.1) is 0 Å². The summed E-state index contributed by atoms with van der Waals surface area (Å²) in [6.07, 6.45) is 1.95. The summed E-state index contributed by atoms with van der Waals surface area (Å²) in [6.45, 7) is 0. The lowest BCUT2D eigenvalue weighted by Gasteiger charge is -2.14. The normalized spacial score (nSPS) is 11.9. The Kier molecular flexibility index (Phi) is 4.74. The van der Waals surface area contributed by atoms with Gasteiger partial charge in [0, 0.05) is 10.7 Å². The minimum Gasteiger partial charge on any atom is -0.496 e. The van der Waals surface area contributed by atoms with Crippen LogP contribution in [-0.4, -0.2) is 23.2 Å². The van der Waals surface area contributed by atoms with Crippen molar-refractivity contribution in [1.29, 1.82) is 0 Å². The minimum atomic E-state index is -0.897. The molecule has 0 radical (unpaired) electrons. The van der Waals surface area contributed by atoms with Crippen molar-refractivity contribution in [2.75, 3.05) is 7.11 Å². The number of hydrogen-bond acceptors (Lipinski definition) is 3. The van der Waals surface area contributed by atoms with Gasteiger partial charge in [-0.25, -0.2) is 0 Å². The zero-order valence-corrected chi connectivity index (χ0v) is 12.5. The summed E-state index contributed by atoms with van der Waals surface area (Å²) in [5, 5.41) is 9.43. The number of benzene rings is 1. The molecule has 1 N–H and O–H groups in total. The number of pyridine rings is 1. The van der Waals surface area contributed by atoms with Crippen LogP contribution in [0.15, 0.2) is 47.1 Å². The number of ether oxygens (including phenoxy) is 1. The van der Waals surface area contributed by atoms with E-state index < -0.39 is 11.9 Å². The van der Waals surface area contributed by atoms with Crippen molar-refractivity contribution in [2.24, 2.45) is 0 Å². The lowest BCUT2D eigenvalue weighted by Crippen LogP contribution is -2.16. The van der Waals surface area contributed by atoms with Gasteiger partial charge in [-0.2, -0.15) is 0 Å². The molecule has 0 amide bonds. The molecule has 0 aliphatic heterocycles. The molecule has 0 saturated heterocycles. The van der Waals surface area contributed by atoms with Gasteiger partial charge in [-0.3, -0.25) is 9.78 Å². The summed E-state index contributed by atoms with van der Waals surface area (Å²) < 4.78 is 6.08. The van der Waals surface area contributed by atoms with Crippen molar-refractivity contribution in [2.45, 2.75) is 12.3 Å². The van der Waals surface area contributed by atoms with E-state index in [2.05, 4.69) is 20.9 Å². The van der Waals surface area contributed by atoms with Crippen LogP contribution in [0.25, 0.3) is 0 Å². The highest BCUT2D eigenvalue weighted by molar-refractivity contribution is 9.10. The molecule has 0 fully saturated rings. The van der Waals surface area contributed by atoms with Gasteiger partial charge in [0.05, 0.1) is 12.8 Å². The van der Waals surface area contributed by atoms with Crippen molar-refractivity contribution < 1.29 is 14.6 Å². The molecule has 1 unspecified atom stereocenters. The number of halogens is 1. The summed E-state index contributed by atoms with van der Waals surface area (Å²) >= 11 is 3.29. The maximum Gasteiger partial charge on any atom is 0.312 e. The van der Waals surface area contributed by atoms with E-state index in [-0.39, 0.29) is 0 Å². The zero-order chi connectivity index (χ0) is 14.5. The molecule has 1 aromatic carbocycles. The first-order valence-electron chi connectivity index (χ1n) is 6.08. The van der Waals surface area contributed by atoms with Gasteiger partial charge in [0.1, 0.15) is 11.7 Å². The van der Waals surface area contributed by atoms with Crippen LogP contribution in [0.4, 0.5) is 0 Å². The number of methoxy groups -OCH3 is 1. The molecule has 0 bridgehead atoms. The number of aliphatic carboxylic acids is 1. The summed E-state index contributed by atoms with van der Waals surface area (Å²) in [4.78, 5) is 15.7. The van der Waals surface area contributed by atoms with E-state index in [0.29, 0.717) is 17.9 Å². The SMILES string of the molecule is COc1ccccc1CC(C(=O)O)c1ccc(Br)cn1. The molecular formula is C15H14BrNO3. The fourth-order valence-electron chi connectivity index (χ4n) is 2.00. The number of carbonyl (C=O) groups is 1. The second-order valence-corrected chi connectivity index (χ2v) is 5.22. The molecule has 104 valence electrons. The summed E-state index contributed by atoms with van der Waals surface area (Å²) in [6, 6.07) is 10.9. The monoisotopic (exact) mass is 335 g/mol. The molecular weight excluding hydrogens is 322 g/mol. The van der Waals surface area contributed by atoms with E-state index in [1.807, 2.05) is 24.3 Å². The van der Waals surface area contributed by atoms with Gasteiger partial charge in [-0.05, 0) is 46.1 Å². The number of carboxylic acid groups (broad SMARTS) is 1. The first-order valence-corrected chi connectivity index (χ1v) is 6.87. The molecule has 4 nitrogen and oxygen atoms in total. The van der Waals surface area contributed by atoms with Gasteiger partial charge >= 0.3 is 5.97 Å². The fraction of sp³-hybridized carbons (Fsp3) is 0.200. The number of para-hydroxylation sites is 1. The topological polar surface area (TPSA) is 59.4 Å². The number of aromatic nitrogens is 1. The molecule has 0 spiro atoms. The van der Waals surface area contributed by atoms with Gasteiger partial charge in [0.15, 0.2) is 0 Å².